The molecule has 0 radical (unpaired) electrons. The van der Waals surface area contributed by atoms with Crippen LogP contribution in [0.3, 0.4) is 0 Å². The molecule has 2 aromatic carbocycles. The lowest BCUT2D eigenvalue weighted by Gasteiger charge is -1.92. The maximum atomic E-state index is 7.00. The molecule has 0 saturated carbocycles. The van der Waals surface area contributed by atoms with Gasteiger partial charge < -0.3 is 10.0 Å². The quantitative estimate of drug-likeness (QED) is 0.733. The zero-order chi connectivity index (χ0) is 17.1. The predicted molar refractivity (Wildman–Crippen MR) is 99.0 cm³/mol. The number of rotatable bonds is 0. The summed E-state index contributed by atoms with van der Waals surface area (Å²) in [6, 6.07) is 16.7. The summed E-state index contributed by atoms with van der Waals surface area (Å²) in [6.07, 6.45) is 1.25. The van der Waals surface area contributed by atoms with Crippen LogP contribution < -0.4 is 0 Å². The summed E-state index contributed by atoms with van der Waals surface area (Å²) in [6.45, 7) is 8.25. The first-order chi connectivity index (χ1) is 10.1. The largest absolute Gasteiger partial charge is 0.400 e. The van der Waals surface area contributed by atoms with Crippen molar-refractivity contribution in [3.05, 3.63) is 48.5 Å². The average molecular weight is 293 g/mol. The molecule has 1 N–H and O–H groups in total. The van der Waals surface area contributed by atoms with E-state index in [2.05, 4.69) is 62.4 Å². The molecule has 2 nitrogen and oxygen atoms in total. The van der Waals surface area contributed by atoms with Crippen LogP contribution in [-0.2, 0) is 0 Å². The molecule has 0 amide bonds. The number of aliphatic hydroxyl groups is 1. The van der Waals surface area contributed by atoms with E-state index in [0.29, 0.717) is 0 Å². The van der Waals surface area contributed by atoms with Gasteiger partial charge in [0.1, 0.15) is 0 Å². The van der Waals surface area contributed by atoms with Gasteiger partial charge in [0.2, 0.25) is 0 Å². The third-order valence-electron chi connectivity index (χ3n) is 1.66. The standard InChI is InChI=1S/C10H8.C3H9N.C3H8.C2H6.CH4O/c1-2-6-10-8-4-3-7-9(10)5-1;1-4(2)3;1-3-2;2*1-2/h1-8H;1-3H3;3H2,1-2H3;1-2H3;2H,1H3. The number of benzene rings is 2. The van der Waals surface area contributed by atoms with Crippen molar-refractivity contribution < 1.29 is 5.11 Å². The second kappa shape index (κ2) is 20.9. The highest BCUT2D eigenvalue weighted by Crippen LogP contribution is 2.11. The Hall–Kier alpha value is -1.38. The molecule has 0 aliphatic rings. The van der Waals surface area contributed by atoms with Crippen LogP contribution >= 0.6 is 0 Å². The van der Waals surface area contributed by atoms with E-state index in [-0.39, 0.29) is 0 Å². The molecule has 2 heteroatoms. The van der Waals surface area contributed by atoms with Gasteiger partial charge in [-0.05, 0) is 31.9 Å². The normalized spacial score (nSPS) is 7.90. The fourth-order valence-electron chi connectivity index (χ4n) is 1.13. The molecule has 0 fully saturated rings. The Kier molecular flexibility index (Phi) is 24.5. The topological polar surface area (TPSA) is 23.5 Å². The lowest BCUT2D eigenvalue weighted by Crippen LogP contribution is -1.99. The zero-order valence-corrected chi connectivity index (χ0v) is 15.2. The number of hydrogen-bond donors (Lipinski definition) is 1. The fraction of sp³-hybridized carbons (Fsp3) is 0.474. The van der Waals surface area contributed by atoms with E-state index in [4.69, 9.17) is 5.11 Å². The van der Waals surface area contributed by atoms with E-state index in [9.17, 15) is 0 Å². The minimum Gasteiger partial charge on any atom is -0.400 e. The van der Waals surface area contributed by atoms with Gasteiger partial charge in [-0.3, -0.25) is 0 Å². The lowest BCUT2D eigenvalue weighted by atomic mass is 10.1. The van der Waals surface area contributed by atoms with Gasteiger partial charge >= 0.3 is 0 Å². The van der Waals surface area contributed by atoms with Gasteiger partial charge in [0.25, 0.3) is 0 Å². The molecule has 2 aromatic rings. The van der Waals surface area contributed by atoms with E-state index in [1.165, 1.54) is 17.2 Å². The molecule has 0 bridgehead atoms. The Morgan fingerprint density at radius 3 is 1.00 bits per heavy atom. The molecular weight excluding hydrogens is 258 g/mol. The van der Waals surface area contributed by atoms with Crippen LogP contribution in [0, 0.1) is 0 Å². The summed E-state index contributed by atoms with van der Waals surface area (Å²) in [5, 5.41) is 9.62. The third kappa shape index (κ3) is 18.6. The van der Waals surface area contributed by atoms with Crippen LogP contribution in [0.1, 0.15) is 34.1 Å². The molecule has 0 saturated heterocycles. The van der Waals surface area contributed by atoms with Crippen molar-refractivity contribution in [2.45, 2.75) is 34.1 Å². The number of hydrogen-bond acceptors (Lipinski definition) is 2. The van der Waals surface area contributed by atoms with Crippen molar-refractivity contribution in [1.82, 2.24) is 4.90 Å². The molecular formula is C19H35NO. The van der Waals surface area contributed by atoms with Crippen molar-refractivity contribution in [3.63, 3.8) is 0 Å². The van der Waals surface area contributed by atoms with E-state index < -0.39 is 0 Å². The molecule has 0 aliphatic carbocycles. The third-order valence-corrected chi connectivity index (χ3v) is 1.66. The molecule has 0 unspecified atom stereocenters. The van der Waals surface area contributed by atoms with Crippen molar-refractivity contribution in [2.24, 2.45) is 0 Å². The molecule has 0 spiro atoms. The summed E-state index contributed by atoms with van der Waals surface area (Å²) in [4.78, 5) is 2.00. The smallest absolute Gasteiger partial charge is 0.0319 e. The Bertz CT molecular complexity index is 331. The predicted octanol–water partition coefficient (Wildman–Crippen LogP) is 5.07. The molecule has 0 heterocycles. The highest BCUT2D eigenvalue weighted by molar-refractivity contribution is 5.81. The minimum atomic E-state index is 1.00. The van der Waals surface area contributed by atoms with Gasteiger partial charge in [-0.15, -0.1) is 0 Å². The van der Waals surface area contributed by atoms with Crippen LogP contribution in [-0.4, -0.2) is 38.3 Å². The maximum Gasteiger partial charge on any atom is 0.0319 e. The van der Waals surface area contributed by atoms with Gasteiger partial charge in [0.05, 0.1) is 0 Å². The fourth-order valence-corrected chi connectivity index (χ4v) is 1.13. The van der Waals surface area contributed by atoms with Gasteiger partial charge in [0.15, 0.2) is 0 Å². The number of aliphatic hydroxyl groups excluding tert-OH is 1. The summed E-state index contributed by atoms with van der Waals surface area (Å²) >= 11 is 0. The minimum absolute atomic E-state index is 1.00. The van der Waals surface area contributed by atoms with E-state index >= 15 is 0 Å². The monoisotopic (exact) mass is 293 g/mol. The van der Waals surface area contributed by atoms with Crippen molar-refractivity contribution >= 4 is 10.8 Å². The molecule has 0 atom stereocenters. The van der Waals surface area contributed by atoms with Crippen molar-refractivity contribution in [3.8, 4) is 0 Å². The Labute approximate surface area is 132 Å². The summed E-state index contributed by atoms with van der Waals surface area (Å²) in [5.74, 6) is 0. The molecule has 0 aliphatic heterocycles. The first kappa shape index (κ1) is 24.6. The maximum absolute atomic E-state index is 7.00. The first-order valence-electron chi connectivity index (χ1n) is 7.61. The molecule has 0 aromatic heterocycles. The summed E-state index contributed by atoms with van der Waals surface area (Å²) in [7, 11) is 7.00. The SMILES string of the molecule is CC.CCC.CN(C)C.CO.c1ccc2ccccc2c1. The van der Waals surface area contributed by atoms with E-state index in [0.717, 1.165) is 7.11 Å². The summed E-state index contributed by atoms with van der Waals surface area (Å²) in [5.41, 5.74) is 0. The zero-order valence-electron chi connectivity index (χ0n) is 15.2. The Morgan fingerprint density at radius 1 is 0.714 bits per heavy atom. The van der Waals surface area contributed by atoms with Crippen LogP contribution in [0.5, 0.6) is 0 Å². The first-order valence-corrected chi connectivity index (χ1v) is 7.61. The van der Waals surface area contributed by atoms with Crippen molar-refractivity contribution in [1.29, 1.82) is 0 Å². The van der Waals surface area contributed by atoms with Gasteiger partial charge in [0, 0.05) is 7.11 Å². The van der Waals surface area contributed by atoms with Crippen LogP contribution in [0.15, 0.2) is 48.5 Å². The van der Waals surface area contributed by atoms with Crippen LogP contribution in [0.2, 0.25) is 0 Å². The number of fused-ring (bicyclic) bond motifs is 1. The Morgan fingerprint density at radius 2 is 0.857 bits per heavy atom. The second-order valence-electron chi connectivity index (χ2n) is 4.40. The lowest BCUT2D eigenvalue weighted by molar-refractivity contribution is 0.399. The van der Waals surface area contributed by atoms with Gasteiger partial charge in [-0.25, -0.2) is 0 Å². The molecule has 122 valence electrons. The van der Waals surface area contributed by atoms with E-state index in [1.807, 2.05) is 39.9 Å². The Balaban J connectivity index is -0.000000251. The average Bonchev–Trinajstić information content (AvgIpc) is 2.52. The van der Waals surface area contributed by atoms with Crippen LogP contribution in [0.25, 0.3) is 10.8 Å². The highest BCUT2D eigenvalue weighted by Gasteiger charge is 1.85. The second-order valence-corrected chi connectivity index (χ2v) is 4.40. The molecule has 21 heavy (non-hydrogen) atoms. The van der Waals surface area contributed by atoms with E-state index in [1.54, 1.807) is 0 Å². The van der Waals surface area contributed by atoms with Gasteiger partial charge in [-0.2, -0.15) is 0 Å². The van der Waals surface area contributed by atoms with Crippen LogP contribution in [0.4, 0.5) is 0 Å². The van der Waals surface area contributed by atoms with Gasteiger partial charge in [-0.1, -0.05) is 82.6 Å². The number of nitrogens with zero attached hydrogens (tertiary/aromatic N) is 1. The highest BCUT2D eigenvalue weighted by atomic mass is 16.2. The molecule has 2 rings (SSSR count). The van der Waals surface area contributed by atoms with Crippen molar-refractivity contribution in [2.75, 3.05) is 28.3 Å². The summed E-state index contributed by atoms with van der Waals surface area (Å²) < 4.78 is 0.